The smallest absolute Gasteiger partial charge is 0.223 e. The molecule has 0 heterocycles. The zero-order chi connectivity index (χ0) is 15.1. The second-order valence-corrected chi connectivity index (χ2v) is 5.31. The van der Waals surface area contributed by atoms with Crippen molar-refractivity contribution in [2.45, 2.75) is 46.3 Å². The fourth-order valence-electron chi connectivity index (χ4n) is 1.85. The molecule has 1 rings (SSSR count). The van der Waals surface area contributed by atoms with Crippen LogP contribution in [0.2, 0.25) is 0 Å². The molecular formula is C16H25NO3. The third-order valence-corrected chi connectivity index (χ3v) is 3.21. The SMILES string of the molecule is CCOc1cccc(C(C)NC(=O)CC(O)C(C)C)c1. The van der Waals surface area contributed by atoms with Crippen LogP contribution in [0, 0.1) is 5.92 Å². The Hall–Kier alpha value is -1.55. The molecule has 0 fully saturated rings. The monoisotopic (exact) mass is 279 g/mol. The molecule has 4 heteroatoms. The van der Waals surface area contributed by atoms with Gasteiger partial charge >= 0.3 is 0 Å². The van der Waals surface area contributed by atoms with Crippen LogP contribution in [0.3, 0.4) is 0 Å². The van der Waals surface area contributed by atoms with Gasteiger partial charge in [0.1, 0.15) is 5.75 Å². The number of carbonyl (C=O) groups excluding carboxylic acids is 1. The van der Waals surface area contributed by atoms with Gasteiger partial charge in [-0.25, -0.2) is 0 Å². The molecule has 0 aliphatic carbocycles. The first-order valence-electron chi connectivity index (χ1n) is 7.14. The average Bonchev–Trinajstić information content (AvgIpc) is 2.39. The minimum Gasteiger partial charge on any atom is -0.494 e. The highest BCUT2D eigenvalue weighted by molar-refractivity contribution is 5.76. The fraction of sp³-hybridized carbons (Fsp3) is 0.562. The normalized spacial score (nSPS) is 13.9. The van der Waals surface area contributed by atoms with E-state index < -0.39 is 6.10 Å². The van der Waals surface area contributed by atoms with Crippen molar-refractivity contribution in [3.05, 3.63) is 29.8 Å². The Morgan fingerprint density at radius 2 is 2.05 bits per heavy atom. The molecule has 1 amide bonds. The van der Waals surface area contributed by atoms with Crippen molar-refractivity contribution < 1.29 is 14.6 Å². The minimum absolute atomic E-state index is 0.0809. The van der Waals surface area contributed by atoms with Crippen LogP contribution in [-0.4, -0.2) is 23.7 Å². The minimum atomic E-state index is -0.600. The Kier molecular flexibility index (Phi) is 6.52. The molecule has 0 spiro atoms. The van der Waals surface area contributed by atoms with Gasteiger partial charge in [0.25, 0.3) is 0 Å². The molecule has 20 heavy (non-hydrogen) atoms. The van der Waals surface area contributed by atoms with E-state index >= 15 is 0 Å². The quantitative estimate of drug-likeness (QED) is 0.806. The molecular weight excluding hydrogens is 254 g/mol. The molecule has 112 valence electrons. The molecule has 0 saturated heterocycles. The lowest BCUT2D eigenvalue weighted by molar-refractivity contribution is -0.124. The first-order chi connectivity index (χ1) is 9.43. The van der Waals surface area contributed by atoms with E-state index in [0.29, 0.717) is 6.61 Å². The van der Waals surface area contributed by atoms with E-state index in [2.05, 4.69) is 5.32 Å². The van der Waals surface area contributed by atoms with Crippen molar-refractivity contribution in [1.82, 2.24) is 5.32 Å². The number of carbonyl (C=O) groups is 1. The van der Waals surface area contributed by atoms with E-state index in [1.807, 2.05) is 52.0 Å². The van der Waals surface area contributed by atoms with Crippen molar-refractivity contribution in [3.8, 4) is 5.75 Å². The summed E-state index contributed by atoms with van der Waals surface area (Å²) in [4.78, 5) is 11.8. The van der Waals surface area contributed by atoms with Crippen molar-refractivity contribution in [1.29, 1.82) is 0 Å². The lowest BCUT2D eigenvalue weighted by atomic mass is 10.0. The number of aliphatic hydroxyl groups excluding tert-OH is 1. The van der Waals surface area contributed by atoms with Gasteiger partial charge in [0.05, 0.1) is 25.2 Å². The molecule has 0 aliphatic heterocycles. The summed E-state index contributed by atoms with van der Waals surface area (Å²) >= 11 is 0. The molecule has 0 saturated carbocycles. The van der Waals surface area contributed by atoms with Crippen molar-refractivity contribution >= 4 is 5.91 Å². The molecule has 2 N–H and O–H groups in total. The van der Waals surface area contributed by atoms with E-state index in [4.69, 9.17) is 4.74 Å². The Morgan fingerprint density at radius 3 is 2.65 bits per heavy atom. The summed E-state index contributed by atoms with van der Waals surface area (Å²) in [6.45, 7) is 8.26. The van der Waals surface area contributed by atoms with Crippen LogP contribution in [0.25, 0.3) is 0 Å². The lowest BCUT2D eigenvalue weighted by Crippen LogP contribution is -2.31. The Labute approximate surface area is 121 Å². The zero-order valence-corrected chi connectivity index (χ0v) is 12.7. The van der Waals surface area contributed by atoms with Gasteiger partial charge < -0.3 is 15.2 Å². The number of benzene rings is 1. The summed E-state index contributed by atoms with van der Waals surface area (Å²) in [6, 6.07) is 7.57. The van der Waals surface area contributed by atoms with E-state index in [9.17, 15) is 9.90 Å². The molecule has 1 aromatic carbocycles. The van der Waals surface area contributed by atoms with Gasteiger partial charge in [0.2, 0.25) is 5.91 Å². The number of hydrogen-bond donors (Lipinski definition) is 2. The third kappa shape index (κ3) is 5.21. The lowest BCUT2D eigenvalue weighted by Gasteiger charge is -2.18. The van der Waals surface area contributed by atoms with E-state index in [1.165, 1.54) is 0 Å². The Morgan fingerprint density at radius 1 is 1.35 bits per heavy atom. The molecule has 4 nitrogen and oxygen atoms in total. The van der Waals surface area contributed by atoms with Gasteiger partial charge in [-0.2, -0.15) is 0 Å². The highest BCUT2D eigenvalue weighted by atomic mass is 16.5. The maximum absolute atomic E-state index is 11.8. The van der Waals surface area contributed by atoms with Gasteiger partial charge in [-0.3, -0.25) is 4.79 Å². The van der Waals surface area contributed by atoms with Gasteiger partial charge in [-0.05, 0) is 37.5 Å². The highest BCUT2D eigenvalue weighted by Crippen LogP contribution is 2.19. The van der Waals surface area contributed by atoms with Gasteiger partial charge in [0.15, 0.2) is 0 Å². The van der Waals surface area contributed by atoms with Crippen LogP contribution in [0.15, 0.2) is 24.3 Å². The number of nitrogens with one attached hydrogen (secondary N) is 1. The van der Waals surface area contributed by atoms with Crippen molar-refractivity contribution in [2.24, 2.45) is 5.92 Å². The summed E-state index contributed by atoms with van der Waals surface area (Å²) in [5, 5.41) is 12.6. The molecule has 1 aromatic rings. The van der Waals surface area contributed by atoms with Crippen LogP contribution in [-0.2, 0) is 4.79 Å². The molecule has 0 aromatic heterocycles. The molecule has 0 bridgehead atoms. The van der Waals surface area contributed by atoms with E-state index in [0.717, 1.165) is 11.3 Å². The summed E-state index contributed by atoms with van der Waals surface area (Å²) in [7, 11) is 0. The van der Waals surface area contributed by atoms with Gasteiger partial charge in [0, 0.05) is 0 Å². The third-order valence-electron chi connectivity index (χ3n) is 3.21. The number of ether oxygens (including phenoxy) is 1. The average molecular weight is 279 g/mol. The molecule has 0 radical (unpaired) electrons. The predicted octanol–water partition coefficient (Wildman–Crippen LogP) is 2.67. The number of amides is 1. The van der Waals surface area contributed by atoms with Crippen LogP contribution < -0.4 is 10.1 Å². The van der Waals surface area contributed by atoms with Gasteiger partial charge in [-0.15, -0.1) is 0 Å². The maximum atomic E-state index is 11.8. The molecule has 2 atom stereocenters. The molecule has 0 aliphatic rings. The second-order valence-electron chi connectivity index (χ2n) is 5.31. The maximum Gasteiger partial charge on any atom is 0.223 e. The number of hydrogen-bond acceptors (Lipinski definition) is 3. The number of rotatable bonds is 7. The van der Waals surface area contributed by atoms with E-state index in [-0.39, 0.29) is 24.3 Å². The van der Waals surface area contributed by atoms with Crippen molar-refractivity contribution in [3.63, 3.8) is 0 Å². The Bertz CT molecular complexity index is 431. The summed E-state index contributed by atoms with van der Waals surface area (Å²) in [6.07, 6.45) is -0.468. The first kappa shape index (κ1) is 16.5. The van der Waals surface area contributed by atoms with Crippen LogP contribution in [0.5, 0.6) is 5.75 Å². The van der Waals surface area contributed by atoms with Gasteiger partial charge in [-0.1, -0.05) is 26.0 Å². The van der Waals surface area contributed by atoms with Crippen LogP contribution in [0.1, 0.15) is 45.7 Å². The number of aliphatic hydroxyl groups is 1. The zero-order valence-electron chi connectivity index (χ0n) is 12.7. The van der Waals surface area contributed by atoms with Crippen LogP contribution in [0.4, 0.5) is 0 Å². The summed E-state index contributed by atoms with van der Waals surface area (Å²) in [5.41, 5.74) is 0.989. The standard InChI is InChI=1S/C16H25NO3/c1-5-20-14-8-6-7-13(9-14)12(4)17-16(19)10-15(18)11(2)3/h6-9,11-12,15,18H,5,10H2,1-4H3,(H,17,19). The predicted molar refractivity (Wildman–Crippen MR) is 79.6 cm³/mol. The van der Waals surface area contributed by atoms with E-state index in [1.54, 1.807) is 0 Å². The highest BCUT2D eigenvalue weighted by Gasteiger charge is 2.16. The molecule has 2 unspecified atom stereocenters. The largest absolute Gasteiger partial charge is 0.494 e. The van der Waals surface area contributed by atoms with Crippen LogP contribution >= 0.6 is 0 Å². The summed E-state index contributed by atoms with van der Waals surface area (Å²) < 4.78 is 5.44. The van der Waals surface area contributed by atoms with Crippen molar-refractivity contribution in [2.75, 3.05) is 6.61 Å². The summed E-state index contributed by atoms with van der Waals surface area (Å²) in [5.74, 6) is 0.742. The topological polar surface area (TPSA) is 58.6 Å². The second kappa shape index (κ2) is 7.90. The first-order valence-corrected chi connectivity index (χ1v) is 7.14. The Balaban J connectivity index is 2.59. The fourth-order valence-corrected chi connectivity index (χ4v) is 1.85.